The number of aromatic nitrogens is 2. The molecule has 1 saturated heterocycles. The molecule has 0 saturated carbocycles. The fraction of sp³-hybridized carbons (Fsp3) is 0.368. The molecule has 136 valence electrons. The SMILES string of the molecule is COc1cccc(N2CCC(NCc3noc(-c4ccco4)n3)CC2)c1. The summed E-state index contributed by atoms with van der Waals surface area (Å²) in [6.45, 7) is 2.61. The molecular formula is C19H22N4O3. The molecule has 2 aromatic heterocycles. The van der Waals surface area contributed by atoms with Gasteiger partial charge in [-0.1, -0.05) is 11.2 Å². The zero-order valence-electron chi connectivity index (χ0n) is 14.7. The summed E-state index contributed by atoms with van der Waals surface area (Å²) in [5, 5.41) is 7.53. The fourth-order valence-corrected chi connectivity index (χ4v) is 3.21. The summed E-state index contributed by atoms with van der Waals surface area (Å²) in [7, 11) is 1.70. The van der Waals surface area contributed by atoms with Crippen LogP contribution >= 0.6 is 0 Å². The normalized spacial score (nSPS) is 15.3. The Morgan fingerprint density at radius 1 is 1.23 bits per heavy atom. The lowest BCUT2D eigenvalue weighted by molar-refractivity contribution is 0.387. The summed E-state index contributed by atoms with van der Waals surface area (Å²) in [6.07, 6.45) is 3.73. The van der Waals surface area contributed by atoms with Crippen LogP contribution in [-0.4, -0.2) is 36.4 Å². The molecule has 1 N–H and O–H groups in total. The lowest BCUT2D eigenvalue weighted by atomic mass is 10.0. The van der Waals surface area contributed by atoms with Crippen molar-refractivity contribution in [3.05, 3.63) is 48.5 Å². The summed E-state index contributed by atoms with van der Waals surface area (Å²) < 4.78 is 15.8. The van der Waals surface area contributed by atoms with E-state index in [0.29, 0.717) is 30.1 Å². The van der Waals surface area contributed by atoms with E-state index in [2.05, 4.69) is 32.5 Å². The van der Waals surface area contributed by atoms with Crippen molar-refractivity contribution in [1.29, 1.82) is 0 Å². The molecule has 1 aliphatic heterocycles. The van der Waals surface area contributed by atoms with Crippen molar-refractivity contribution in [3.8, 4) is 17.4 Å². The Morgan fingerprint density at radius 3 is 2.88 bits per heavy atom. The molecule has 1 aliphatic rings. The zero-order chi connectivity index (χ0) is 17.8. The maximum Gasteiger partial charge on any atom is 0.293 e. The van der Waals surface area contributed by atoms with Gasteiger partial charge in [0.25, 0.3) is 5.89 Å². The summed E-state index contributed by atoms with van der Waals surface area (Å²) in [6, 6.07) is 12.3. The van der Waals surface area contributed by atoms with Crippen LogP contribution in [0.15, 0.2) is 51.6 Å². The number of benzene rings is 1. The largest absolute Gasteiger partial charge is 0.497 e. The van der Waals surface area contributed by atoms with Crippen LogP contribution in [0.3, 0.4) is 0 Å². The van der Waals surface area contributed by atoms with Crippen molar-refractivity contribution in [1.82, 2.24) is 15.5 Å². The molecule has 4 rings (SSSR count). The van der Waals surface area contributed by atoms with E-state index in [1.54, 1.807) is 25.5 Å². The standard InChI is InChI=1S/C19H22N4O3/c1-24-16-5-2-4-15(12-16)23-9-7-14(8-10-23)20-13-18-21-19(26-22-18)17-6-3-11-25-17/h2-6,11-12,14,20H,7-10,13H2,1H3. The van der Waals surface area contributed by atoms with Crippen molar-refractivity contribution in [2.75, 3.05) is 25.1 Å². The van der Waals surface area contributed by atoms with E-state index in [9.17, 15) is 0 Å². The molecule has 7 heteroatoms. The average molecular weight is 354 g/mol. The summed E-state index contributed by atoms with van der Waals surface area (Å²) >= 11 is 0. The van der Waals surface area contributed by atoms with Crippen LogP contribution in [0.2, 0.25) is 0 Å². The molecule has 0 bridgehead atoms. The van der Waals surface area contributed by atoms with Crippen molar-refractivity contribution in [3.63, 3.8) is 0 Å². The fourth-order valence-electron chi connectivity index (χ4n) is 3.21. The molecule has 3 heterocycles. The highest BCUT2D eigenvalue weighted by atomic mass is 16.5. The Kier molecular flexibility index (Phi) is 4.88. The highest BCUT2D eigenvalue weighted by Crippen LogP contribution is 2.24. The number of piperidine rings is 1. The maximum atomic E-state index is 5.31. The van der Waals surface area contributed by atoms with Crippen LogP contribution in [0.1, 0.15) is 18.7 Å². The van der Waals surface area contributed by atoms with Crippen LogP contribution < -0.4 is 15.0 Å². The zero-order valence-corrected chi connectivity index (χ0v) is 14.7. The topological polar surface area (TPSA) is 76.6 Å². The van der Waals surface area contributed by atoms with Gasteiger partial charge in [0, 0.05) is 30.9 Å². The van der Waals surface area contributed by atoms with Crippen LogP contribution in [0.5, 0.6) is 5.75 Å². The second-order valence-corrected chi connectivity index (χ2v) is 6.34. The highest BCUT2D eigenvalue weighted by molar-refractivity contribution is 5.51. The van der Waals surface area contributed by atoms with Crippen molar-refractivity contribution < 1.29 is 13.7 Å². The van der Waals surface area contributed by atoms with E-state index in [4.69, 9.17) is 13.7 Å². The van der Waals surface area contributed by atoms with Gasteiger partial charge in [0.15, 0.2) is 11.6 Å². The van der Waals surface area contributed by atoms with Crippen molar-refractivity contribution >= 4 is 5.69 Å². The predicted molar refractivity (Wildman–Crippen MR) is 97.1 cm³/mol. The molecule has 0 aliphatic carbocycles. The molecule has 0 radical (unpaired) electrons. The lowest BCUT2D eigenvalue weighted by Crippen LogP contribution is -2.42. The molecule has 1 fully saturated rings. The predicted octanol–water partition coefficient (Wildman–Crippen LogP) is 3.10. The minimum atomic E-state index is 0.416. The van der Waals surface area contributed by atoms with Gasteiger partial charge in [0.05, 0.1) is 19.9 Å². The molecule has 7 nitrogen and oxygen atoms in total. The summed E-state index contributed by atoms with van der Waals surface area (Å²) in [5.74, 6) is 2.55. The van der Waals surface area contributed by atoms with E-state index in [-0.39, 0.29) is 0 Å². The first kappa shape index (κ1) is 16.7. The van der Waals surface area contributed by atoms with Gasteiger partial charge in [-0.05, 0) is 37.1 Å². The second-order valence-electron chi connectivity index (χ2n) is 6.34. The number of furan rings is 1. The van der Waals surface area contributed by atoms with E-state index in [1.165, 1.54) is 5.69 Å². The molecule has 0 amide bonds. The molecule has 26 heavy (non-hydrogen) atoms. The lowest BCUT2D eigenvalue weighted by Gasteiger charge is -2.34. The quantitative estimate of drug-likeness (QED) is 0.729. The molecule has 0 spiro atoms. The monoisotopic (exact) mass is 354 g/mol. The van der Waals surface area contributed by atoms with Crippen molar-refractivity contribution in [2.24, 2.45) is 0 Å². The summed E-state index contributed by atoms with van der Waals surface area (Å²) in [5.41, 5.74) is 1.21. The molecule has 0 atom stereocenters. The number of hydrogen-bond acceptors (Lipinski definition) is 7. The second kappa shape index (κ2) is 7.61. The molecule has 0 unspecified atom stereocenters. The minimum absolute atomic E-state index is 0.416. The third-order valence-corrected chi connectivity index (χ3v) is 4.66. The van der Waals surface area contributed by atoms with Gasteiger partial charge in [-0.25, -0.2) is 0 Å². The molecule has 3 aromatic rings. The number of rotatable bonds is 6. The van der Waals surface area contributed by atoms with Gasteiger partial charge in [0.2, 0.25) is 0 Å². The first-order chi connectivity index (χ1) is 12.8. The third-order valence-electron chi connectivity index (χ3n) is 4.66. The number of ether oxygens (including phenoxy) is 1. The van der Waals surface area contributed by atoms with Gasteiger partial charge in [-0.2, -0.15) is 4.98 Å². The smallest absolute Gasteiger partial charge is 0.293 e. The van der Waals surface area contributed by atoms with Gasteiger partial charge < -0.3 is 23.9 Å². The van der Waals surface area contributed by atoms with Crippen LogP contribution in [0.25, 0.3) is 11.7 Å². The molecule has 1 aromatic carbocycles. The van der Waals surface area contributed by atoms with Crippen LogP contribution in [0.4, 0.5) is 5.69 Å². The van der Waals surface area contributed by atoms with Gasteiger partial charge in [0.1, 0.15) is 5.75 Å². The van der Waals surface area contributed by atoms with Gasteiger partial charge in [-0.15, -0.1) is 0 Å². The van der Waals surface area contributed by atoms with E-state index >= 15 is 0 Å². The number of hydrogen-bond donors (Lipinski definition) is 1. The Morgan fingerprint density at radius 2 is 2.12 bits per heavy atom. The van der Waals surface area contributed by atoms with Crippen LogP contribution in [0, 0.1) is 0 Å². The van der Waals surface area contributed by atoms with E-state index in [0.717, 1.165) is 31.7 Å². The van der Waals surface area contributed by atoms with E-state index in [1.807, 2.05) is 12.1 Å². The highest BCUT2D eigenvalue weighted by Gasteiger charge is 2.20. The number of methoxy groups -OCH3 is 1. The third kappa shape index (κ3) is 3.72. The Hall–Kier alpha value is -2.80. The Balaban J connectivity index is 1.27. The number of nitrogens with zero attached hydrogens (tertiary/aromatic N) is 3. The van der Waals surface area contributed by atoms with Gasteiger partial charge >= 0.3 is 0 Å². The van der Waals surface area contributed by atoms with Gasteiger partial charge in [-0.3, -0.25) is 0 Å². The summed E-state index contributed by atoms with van der Waals surface area (Å²) in [4.78, 5) is 6.75. The first-order valence-corrected chi connectivity index (χ1v) is 8.80. The van der Waals surface area contributed by atoms with Crippen LogP contribution in [-0.2, 0) is 6.54 Å². The molecular weight excluding hydrogens is 332 g/mol. The maximum absolute atomic E-state index is 5.31. The van der Waals surface area contributed by atoms with E-state index < -0.39 is 0 Å². The Bertz CT molecular complexity index is 823. The number of anilines is 1. The first-order valence-electron chi connectivity index (χ1n) is 8.80. The Labute approximate surface area is 151 Å². The average Bonchev–Trinajstić information content (AvgIpc) is 3.38. The van der Waals surface area contributed by atoms with Crippen molar-refractivity contribution in [2.45, 2.75) is 25.4 Å². The minimum Gasteiger partial charge on any atom is -0.497 e. The number of nitrogens with one attached hydrogen (secondary N) is 1.